The van der Waals surface area contributed by atoms with Gasteiger partial charge >= 0.3 is 0 Å². The van der Waals surface area contributed by atoms with E-state index < -0.39 is 11.6 Å². The lowest BCUT2D eigenvalue weighted by atomic mass is 9.93. The Labute approximate surface area is 93.8 Å². The van der Waals surface area contributed by atoms with Gasteiger partial charge in [-0.2, -0.15) is 0 Å². The van der Waals surface area contributed by atoms with Crippen LogP contribution < -0.4 is 11.3 Å². The summed E-state index contributed by atoms with van der Waals surface area (Å²) in [6.07, 6.45) is 2.89. The van der Waals surface area contributed by atoms with E-state index >= 15 is 0 Å². The zero-order valence-corrected chi connectivity index (χ0v) is 9.26. The first-order valence-corrected chi connectivity index (χ1v) is 5.45. The summed E-state index contributed by atoms with van der Waals surface area (Å²) >= 11 is 0. The third-order valence-electron chi connectivity index (χ3n) is 3.50. The summed E-state index contributed by atoms with van der Waals surface area (Å²) in [6, 6.07) is 4.13. The molecule has 88 valence electrons. The maximum absolute atomic E-state index is 13.0. The van der Waals surface area contributed by atoms with Crippen molar-refractivity contribution in [3.05, 3.63) is 35.4 Å². The molecule has 3 N–H and O–H groups in total. The average molecular weight is 226 g/mol. The van der Waals surface area contributed by atoms with E-state index in [1.807, 2.05) is 0 Å². The number of hydrogen-bond acceptors (Lipinski definition) is 2. The fraction of sp³-hybridized carbons (Fsp3) is 0.500. The monoisotopic (exact) mass is 226 g/mol. The van der Waals surface area contributed by atoms with Crippen LogP contribution in [0.25, 0.3) is 0 Å². The molecule has 0 amide bonds. The molecule has 1 unspecified atom stereocenters. The quantitative estimate of drug-likeness (QED) is 0.609. The molecule has 0 spiro atoms. The summed E-state index contributed by atoms with van der Waals surface area (Å²) in [4.78, 5) is 0. The van der Waals surface area contributed by atoms with Crippen LogP contribution in [0.3, 0.4) is 0 Å². The van der Waals surface area contributed by atoms with E-state index in [-0.39, 0.29) is 11.5 Å². The molecule has 4 heteroatoms. The van der Waals surface area contributed by atoms with Gasteiger partial charge in [0.15, 0.2) is 11.6 Å². The predicted octanol–water partition coefficient (Wildman–Crippen LogP) is 2.14. The minimum absolute atomic E-state index is 0.123. The van der Waals surface area contributed by atoms with Crippen molar-refractivity contribution in [3.8, 4) is 0 Å². The van der Waals surface area contributed by atoms with Gasteiger partial charge in [0.2, 0.25) is 0 Å². The summed E-state index contributed by atoms with van der Waals surface area (Å²) in [5.41, 5.74) is 3.75. The van der Waals surface area contributed by atoms with Crippen LogP contribution in [0.1, 0.15) is 25.3 Å². The Morgan fingerprint density at radius 2 is 2.06 bits per heavy atom. The highest BCUT2D eigenvalue weighted by atomic mass is 19.2. The largest absolute Gasteiger partial charge is 0.271 e. The highest BCUT2D eigenvalue weighted by molar-refractivity contribution is 5.20. The molecule has 0 heterocycles. The van der Waals surface area contributed by atoms with Gasteiger partial charge in [0.1, 0.15) is 0 Å². The lowest BCUT2D eigenvalue weighted by Crippen LogP contribution is -2.42. The Hall–Kier alpha value is -1.00. The maximum atomic E-state index is 13.0. The molecule has 1 aromatic carbocycles. The molecule has 0 aromatic heterocycles. The van der Waals surface area contributed by atoms with E-state index in [9.17, 15) is 8.78 Å². The van der Waals surface area contributed by atoms with Gasteiger partial charge in [-0.25, -0.2) is 8.78 Å². The number of benzene rings is 1. The van der Waals surface area contributed by atoms with Gasteiger partial charge in [0.25, 0.3) is 0 Å². The molecule has 1 fully saturated rings. The fourth-order valence-electron chi connectivity index (χ4n) is 1.95. The van der Waals surface area contributed by atoms with Crippen LogP contribution in [0.15, 0.2) is 18.2 Å². The van der Waals surface area contributed by atoms with Gasteiger partial charge in [-0.15, -0.1) is 0 Å². The predicted molar refractivity (Wildman–Crippen MR) is 58.5 cm³/mol. The second kappa shape index (κ2) is 4.11. The molecular weight excluding hydrogens is 210 g/mol. The van der Waals surface area contributed by atoms with Crippen molar-refractivity contribution in [2.45, 2.75) is 32.2 Å². The highest BCUT2D eigenvalue weighted by Crippen LogP contribution is 2.48. The third-order valence-corrected chi connectivity index (χ3v) is 3.50. The van der Waals surface area contributed by atoms with Crippen molar-refractivity contribution in [1.29, 1.82) is 0 Å². The van der Waals surface area contributed by atoms with Crippen molar-refractivity contribution < 1.29 is 8.78 Å². The Bertz CT molecular complexity index is 389. The molecular formula is C12H16F2N2. The van der Waals surface area contributed by atoms with Crippen LogP contribution in [0.2, 0.25) is 0 Å². The summed E-state index contributed by atoms with van der Waals surface area (Å²) < 4.78 is 25.8. The van der Waals surface area contributed by atoms with Crippen molar-refractivity contribution >= 4 is 0 Å². The Morgan fingerprint density at radius 1 is 1.38 bits per heavy atom. The smallest absolute Gasteiger partial charge is 0.159 e. The Balaban J connectivity index is 2.10. The van der Waals surface area contributed by atoms with Crippen molar-refractivity contribution in [2.24, 2.45) is 11.3 Å². The maximum Gasteiger partial charge on any atom is 0.159 e. The summed E-state index contributed by atoms with van der Waals surface area (Å²) in [6.45, 7) is 2.15. The van der Waals surface area contributed by atoms with E-state index in [1.54, 1.807) is 6.07 Å². The number of rotatable bonds is 4. The van der Waals surface area contributed by atoms with Gasteiger partial charge in [0.05, 0.1) is 0 Å². The highest BCUT2D eigenvalue weighted by Gasteiger charge is 2.44. The lowest BCUT2D eigenvalue weighted by Gasteiger charge is -2.22. The molecule has 1 atom stereocenters. The van der Waals surface area contributed by atoms with E-state index in [0.717, 1.165) is 24.5 Å². The van der Waals surface area contributed by atoms with Gasteiger partial charge in [0, 0.05) is 6.04 Å². The molecule has 2 rings (SSSR count). The van der Waals surface area contributed by atoms with Crippen LogP contribution in [0, 0.1) is 17.0 Å². The van der Waals surface area contributed by atoms with Crippen LogP contribution in [0.5, 0.6) is 0 Å². The van der Waals surface area contributed by atoms with Gasteiger partial charge in [-0.1, -0.05) is 13.0 Å². The lowest BCUT2D eigenvalue weighted by molar-refractivity contribution is 0.358. The van der Waals surface area contributed by atoms with Crippen LogP contribution in [0.4, 0.5) is 8.78 Å². The van der Waals surface area contributed by atoms with Gasteiger partial charge < -0.3 is 0 Å². The van der Waals surface area contributed by atoms with Gasteiger partial charge in [-0.3, -0.25) is 11.3 Å². The SMILES string of the molecule is CC1(C(Cc2ccc(F)c(F)c2)NN)CC1. The summed E-state index contributed by atoms with van der Waals surface area (Å²) in [5.74, 6) is 3.89. The number of hydrogen-bond donors (Lipinski definition) is 2. The van der Waals surface area contributed by atoms with Crippen LogP contribution in [-0.2, 0) is 6.42 Å². The molecule has 2 nitrogen and oxygen atoms in total. The zero-order valence-electron chi connectivity index (χ0n) is 9.26. The molecule has 1 aliphatic carbocycles. The van der Waals surface area contributed by atoms with Crippen molar-refractivity contribution in [2.75, 3.05) is 0 Å². The molecule has 0 bridgehead atoms. The standard InChI is InChI=1S/C12H16F2N2/c1-12(4-5-12)11(16-15)7-8-2-3-9(13)10(14)6-8/h2-3,6,11,16H,4-5,7,15H2,1H3. The van der Waals surface area contributed by atoms with E-state index in [0.29, 0.717) is 6.42 Å². The van der Waals surface area contributed by atoms with Crippen molar-refractivity contribution in [1.82, 2.24) is 5.43 Å². The van der Waals surface area contributed by atoms with Crippen LogP contribution in [-0.4, -0.2) is 6.04 Å². The Morgan fingerprint density at radius 3 is 2.56 bits per heavy atom. The molecule has 16 heavy (non-hydrogen) atoms. The second-order valence-electron chi connectivity index (χ2n) is 4.83. The number of nitrogens with one attached hydrogen (secondary N) is 1. The normalized spacial score (nSPS) is 19.5. The third kappa shape index (κ3) is 2.23. The summed E-state index contributed by atoms with van der Waals surface area (Å²) in [7, 11) is 0. The zero-order chi connectivity index (χ0) is 11.8. The first-order valence-electron chi connectivity index (χ1n) is 5.45. The van der Waals surface area contributed by atoms with E-state index in [4.69, 9.17) is 5.84 Å². The topological polar surface area (TPSA) is 38.0 Å². The average Bonchev–Trinajstić information content (AvgIpc) is 2.99. The minimum atomic E-state index is -0.807. The molecule has 1 aromatic rings. The second-order valence-corrected chi connectivity index (χ2v) is 4.83. The van der Waals surface area contributed by atoms with E-state index in [2.05, 4.69) is 12.3 Å². The number of hydrazine groups is 1. The van der Waals surface area contributed by atoms with E-state index in [1.165, 1.54) is 6.07 Å². The first kappa shape index (κ1) is 11.5. The van der Waals surface area contributed by atoms with Crippen molar-refractivity contribution in [3.63, 3.8) is 0 Å². The molecule has 0 aliphatic heterocycles. The van der Waals surface area contributed by atoms with Crippen LogP contribution >= 0.6 is 0 Å². The molecule has 0 radical (unpaired) electrons. The number of nitrogens with two attached hydrogens (primary N) is 1. The fourth-order valence-corrected chi connectivity index (χ4v) is 1.95. The number of halogens is 2. The summed E-state index contributed by atoms with van der Waals surface area (Å²) in [5, 5.41) is 0. The molecule has 0 saturated heterocycles. The van der Waals surface area contributed by atoms with Gasteiger partial charge in [-0.05, 0) is 42.4 Å². The first-order chi connectivity index (χ1) is 7.55. The molecule has 1 saturated carbocycles. The minimum Gasteiger partial charge on any atom is -0.271 e. The molecule has 1 aliphatic rings. The Kier molecular flexibility index (Phi) is 2.95.